The Morgan fingerprint density at radius 2 is 1.89 bits per heavy atom. The van der Waals surface area contributed by atoms with Crippen LogP contribution in [0.4, 0.5) is 4.39 Å². The number of halogens is 1. The highest BCUT2D eigenvalue weighted by Gasteiger charge is 2.30. The van der Waals surface area contributed by atoms with Crippen LogP contribution in [-0.4, -0.2) is 18.0 Å². The highest BCUT2D eigenvalue weighted by molar-refractivity contribution is 5.94. The molecule has 3 rings (SSSR count). The van der Waals surface area contributed by atoms with Crippen LogP contribution in [0.3, 0.4) is 0 Å². The SMILES string of the molecule is CCCCCc1ccc(C(=O)Oc2ccc3c(c2F)C(=O)OC(CC)C3)cc1. The molecule has 5 heteroatoms. The Morgan fingerprint density at radius 1 is 1.14 bits per heavy atom. The van der Waals surface area contributed by atoms with Gasteiger partial charge in [0.25, 0.3) is 0 Å². The Morgan fingerprint density at radius 3 is 2.57 bits per heavy atom. The van der Waals surface area contributed by atoms with Gasteiger partial charge in [0.2, 0.25) is 0 Å². The second-order valence-electron chi connectivity index (χ2n) is 7.10. The van der Waals surface area contributed by atoms with E-state index in [1.807, 2.05) is 19.1 Å². The van der Waals surface area contributed by atoms with Crippen molar-refractivity contribution in [1.29, 1.82) is 0 Å². The topological polar surface area (TPSA) is 52.6 Å². The van der Waals surface area contributed by atoms with Crippen molar-refractivity contribution in [3.63, 3.8) is 0 Å². The summed E-state index contributed by atoms with van der Waals surface area (Å²) in [6, 6.07) is 10.2. The number of carbonyl (C=O) groups excluding carboxylic acids is 2. The van der Waals surface area contributed by atoms with Gasteiger partial charge in [0.1, 0.15) is 11.7 Å². The molecule has 4 nitrogen and oxygen atoms in total. The number of fused-ring (bicyclic) bond motifs is 1. The third-order valence-electron chi connectivity index (χ3n) is 5.03. The molecule has 2 aromatic rings. The lowest BCUT2D eigenvalue weighted by Gasteiger charge is -2.24. The summed E-state index contributed by atoms with van der Waals surface area (Å²) >= 11 is 0. The lowest BCUT2D eigenvalue weighted by molar-refractivity contribution is 0.0240. The van der Waals surface area contributed by atoms with Gasteiger partial charge in [-0.2, -0.15) is 0 Å². The fourth-order valence-electron chi connectivity index (χ4n) is 3.34. The zero-order chi connectivity index (χ0) is 20.1. The van der Waals surface area contributed by atoms with Crippen LogP contribution in [-0.2, 0) is 17.6 Å². The van der Waals surface area contributed by atoms with E-state index < -0.39 is 17.8 Å². The molecule has 0 saturated carbocycles. The van der Waals surface area contributed by atoms with Gasteiger partial charge in [-0.3, -0.25) is 0 Å². The van der Waals surface area contributed by atoms with Crippen molar-refractivity contribution in [3.05, 3.63) is 64.5 Å². The molecule has 148 valence electrons. The van der Waals surface area contributed by atoms with Crippen LogP contribution in [0.25, 0.3) is 0 Å². The standard InChI is InChI=1S/C23H25FO4/c1-3-5-6-7-15-8-10-16(11-9-15)22(25)28-19-13-12-17-14-18(4-2)27-23(26)20(17)21(19)24/h8-13,18H,3-7,14H2,1-2H3. The molecule has 1 heterocycles. The van der Waals surface area contributed by atoms with E-state index in [1.54, 1.807) is 18.2 Å². The van der Waals surface area contributed by atoms with Crippen LogP contribution in [0.5, 0.6) is 5.75 Å². The molecule has 0 spiro atoms. The van der Waals surface area contributed by atoms with Gasteiger partial charge < -0.3 is 9.47 Å². The minimum Gasteiger partial charge on any atom is -0.458 e. The number of aryl methyl sites for hydroxylation is 1. The second-order valence-corrected chi connectivity index (χ2v) is 7.10. The van der Waals surface area contributed by atoms with Gasteiger partial charge in [0.05, 0.1) is 5.56 Å². The summed E-state index contributed by atoms with van der Waals surface area (Å²) in [5, 5.41) is 0. The first-order valence-electron chi connectivity index (χ1n) is 9.87. The smallest absolute Gasteiger partial charge is 0.343 e. The predicted molar refractivity (Wildman–Crippen MR) is 104 cm³/mol. The number of cyclic esters (lactones) is 1. The molecule has 1 atom stereocenters. The van der Waals surface area contributed by atoms with Crippen molar-refractivity contribution < 1.29 is 23.5 Å². The summed E-state index contributed by atoms with van der Waals surface area (Å²) < 4.78 is 25.2. The van der Waals surface area contributed by atoms with E-state index in [1.165, 1.54) is 12.5 Å². The Kier molecular flexibility index (Phi) is 6.45. The number of esters is 2. The van der Waals surface area contributed by atoms with E-state index in [0.717, 1.165) is 24.8 Å². The van der Waals surface area contributed by atoms with Gasteiger partial charge >= 0.3 is 11.9 Å². The van der Waals surface area contributed by atoms with E-state index in [-0.39, 0.29) is 17.4 Å². The van der Waals surface area contributed by atoms with Gasteiger partial charge in [-0.25, -0.2) is 14.0 Å². The van der Waals surface area contributed by atoms with E-state index >= 15 is 0 Å². The van der Waals surface area contributed by atoms with Crippen molar-refractivity contribution >= 4 is 11.9 Å². The van der Waals surface area contributed by atoms with Crippen molar-refractivity contribution in [2.45, 2.75) is 58.5 Å². The average molecular weight is 384 g/mol. The molecule has 28 heavy (non-hydrogen) atoms. The molecule has 0 radical (unpaired) electrons. The normalized spacial score (nSPS) is 15.7. The molecule has 0 saturated heterocycles. The minimum atomic E-state index is -0.846. The number of rotatable bonds is 7. The van der Waals surface area contributed by atoms with Gasteiger partial charge in [-0.05, 0) is 48.6 Å². The number of ether oxygens (including phenoxy) is 2. The number of hydrogen-bond donors (Lipinski definition) is 0. The summed E-state index contributed by atoms with van der Waals surface area (Å²) in [4.78, 5) is 24.5. The molecule has 1 aliphatic rings. The van der Waals surface area contributed by atoms with Gasteiger partial charge in [-0.15, -0.1) is 0 Å². The third-order valence-corrected chi connectivity index (χ3v) is 5.03. The molecule has 1 aliphatic heterocycles. The van der Waals surface area contributed by atoms with Crippen LogP contribution in [0.1, 0.15) is 71.4 Å². The summed E-state index contributed by atoms with van der Waals surface area (Å²) in [5.74, 6) is -2.47. The molecule has 0 fully saturated rings. The van der Waals surface area contributed by atoms with Crippen molar-refractivity contribution in [3.8, 4) is 5.75 Å². The first-order valence-corrected chi connectivity index (χ1v) is 9.87. The van der Waals surface area contributed by atoms with Crippen LogP contribution in [0.2, 0.25) is 0 Å². The van der Waals surface area contributed by atoms with Crippen LogP contribution in [0, 0.1) is 5.82 Å². The van der Waals surface area contributed by atoms with Gasteiger partial charge in [0.15, 0.2) is 11.6 Å². The molecule has 1 unspecified atom stereocenters. The maximum Gasteiger partial charge on any atom is 0.343 e. The highest BCUT2D eigenvalue weighted by atomic mass is 19.1. The van der Waals surface area contributed by atoms with Crippen molar-refractivity contribution in [2.24, 2.45) is 0 Å². The van der Waals surface area contributed by atoms with E-state index in [4.69, 9.17) is 9.47 Å². The Labute approximate surface area is 164 Å². The fourth-order valence-corrected chi connectivity index (χ4v) is 3.34. The number of unbranched alkanes of at least 4 members (excludes halogenated alkanes) is 2. The maximum absolute atomic E-state index is 14.8. The largest absolute Gasteiger partial charge is 0.458 e. The van der Waals surface area contributed by atoms with E-state index in [2.05, 4.69) is 6.92 Å². The second kappa shape index (κ2) is 9.00. The van der Waals surface area contributed by atoms with Crippen LogP contribution < -0.4 is 4.74 Å². The summed E-state index contributed by atoms with van der Waals surface area (Å²) in [7, 11) is 0. The molecule has 0 aromatic heterocycles. The predicted octanol–water partition coefficient (Wildman–Crippen LogP) is 5.27. The summed E-state index contributed by atoms with van der Waals surface area (Å²) in [6.07, 6.45) is 5.27. The fraction of sp³-hybridized carbons (Fsp3) is 0.391. The minimum absolute atomic E-state index is 0.138. The van der Waals surface area contributed by atoms with Gasteiger partial charge in [-0.1, -0.05) is 44.9 Å². The number of carbonyl (C=O) groups is 2. The Balaban J connectivity index is 1.72. The molecule has 0 aliphatic carbocycles. The summed E-state index contributed by atoms with van der Waals surface area (Å²) in [5.41, 5.74) is 1.93. The molecular formula is C23H25FO4. The Bertz CT molecular complexity index is 858. The zero-order valence-corrected chi connectivity index (χ0v) is 16.3. The van der Waals surface area contributed by atoms with Crippen molar-refractivity contribution in [2.75, 3.05) is 0 Å². The van der Waals surface area contributed by atoms with Crippen molar-refractivity contribution in [1.82, 2.24) is 0 Å². The molecule has 2 aromatic carbocycles. The third kappa shape index (κ3) is 4.41. The molecule has 0 bridgehead atoms. The lowest BCUT2D eigenvalue weighted by Crippen LogP contribution is -2.28. The Hall–Kier alpha value is -2.69. The number of benzene rings is 2. The zero-order valence-electron chi connectivity index (χ0n) is 16.3. The van der Waals surface area contributed by atoms with Crippen LogP contribution >= 0.6 is 0 Å². The monoisotopic (exact) mass is 384 g/mol. The van der Waals surface area contributed by atoms with E-state index in [0.29, 0.717) is 24.0 Å². The maximum atomic E-state index is 14.8. The molecular weight excluding hydrogens is 359 g/mol. The van der Waals surface area contributed by atoms with E-state index in [9.17, 15) is 14.0 Å². The quantitative estimate of drug-likeness (QED) is 0.371. The average Bonchev–Trinajstić information content (AvgIpc) is 2.70. The molecule has 0 N–H and O–H groups in total. The lowest BCUT2D eigenvalue weighted by atomic mass is 9.96. The molecule has 0 amide bonds. The first-order chi connectivity index (χ1) is 13.5. The van der Waals surface area contributed by atoms with Crippen LogP contribution in [0.15, 0.2) is 36.4 Å². The number of hydrogen-bond acceptors (Lipinski definition) is 4. The summed E-state index contributed by atoms with van der Waals surface area (Å²) in [6.45, 7) is 4.06. The first kappa shape index (κ1) is 20.1. The van der Waals surface area contributed by atoms with Gasteiger partial charge in [0, 0.05) is 6.42 Å². The highest BCUT2D eigenvalue weighted by Crippen LogP contribution is 2.30.